The van der Waals surface area contributed by atoms with Gasteiger partial charge in [-0.2, -0.15) is 0 Å². The van der Waals surface area contributed by atoms with Crippen molar-refractivity contribution in [3.63, 3.8) is 0 Å². The maximum absolute atomic E-state index is 14.1. The SMILES string of the molecule is CCOC(=O)C(F)C(F)c1cc(C)cc(C)c1OP. The van der Waals surface area contributed by atoms with E-state index in [-0.39, 0.29) is 17.9 Å². The summed E-state index contributed by atoms with van der Waals surface area (Å²) in [6.45, 7) is 5.02. The molecule has 0 fully saturated rings. The minimum atomic E-state index is -2.36. The summed E-state index contributed by atoms with van der Waals surface area (Å²) in [4.78, 5) is 11.2. The standard InChI is InChI=1S/C13H17F2O3P/c1-4-17-13(16)11(15)10(14)9-6-7(2)5-8(3)12(9)18-19/h5-6,10-11H,4,19H2,1-3H3. The number of hydrogen-bond acceptors (Lipinski definition) is 3. The van der Waals surface area contributed by atoms with E-state index in [0.717, 1.165) is 5.56 Å². The molecule has 0 aromatic heterocycles. The number of carbonyl (C=O) groups excluding carboxylic acids is 1. The molecule has 0 spiro atoms. The summed E-state index contributed by atoms with van der Waals surface area (Å²) in [5.41, 5.74) is 1.44. The van der Waals surface area contributed by atoms with Crippen LogP contribution in [0.3, 0.4) is 0 Å². The van der Waals surface area contributed by atoms with Gasteiger partial charge in [0.2, 0.25) is 6.17 Å². The molecule has 19 heavy (non-hydrogen) atoms. The summed E-state index contributed by atoms with van der Waals surface area (Å²) >= 11 is 0. The summed E-state index contributed by atoms with van der Waals surface area (Å²) in [7, 11) is 2.00. The van der Waals surface area contributed by atoms with Crippen LogP contribution in [-0.4, -0.2) is 18.7 Å². The van der Waals surface area contributed by atoms with Gasteiger partial charge in [0.15, 0.2) is 6.17 Å². The van der Waals surface area contributed by atoms with Crippen LogP contribution < -0.4 is 4.52 Å². The molecule has 0 aliphatic rings. The lowest BCUT2D eigenvalue weighted by atomic mass is 9.99. The van der Waals surface area contributed by atoms with Crippen LogP contribution in [0.1, 0.15) is 29.8 Å². The van der Waals surface area contributed by atoms with E-state index in [9.17, 15) is 13.6 Å². The molecule has 0 heterocycles. The van der Waals surface area contributed by atoms with Crippen LogP contribution in [0.5, 0.6) is 5.75 Å². The minimum Gasteiger partial charge on any atom is -0.480 e. The van der Waals surface area contributed by atoms with Crippen LogP contribution in [0.2, 0.25) is 0 Å². The molecule has 0 aliphatic carbocycles. The van der Waals surface area contributed by atoms with Gasteiger partial charge < -0.3 is 9.26 Å². The highest BCUT2D eigenvalue weighted by Gasteiger charge is 2.33. The Morgan fingerprint density at radius 3 is 2.53 bits per heavy atom. The molecule has 3 atom stereocenters. The van der Waals surface area contributed by atoms with E-state index < -0.39 is 18.3 Å². The molecular formula is C13H17F2O3P. The molecule has 0 bridgehead atoms. The molecule has 3 nitrogen and oxygen atoms in total. The molecule has 0 amide bonds. The molecule has 3 unspecified atom stereocenters. The van der Waals surface area contributed by atoms with E-state index in [4.69, 9.17) is 4.52 Å². The summed E-state index contributed by atoms with van der Waals surface area (Å²) in [5, 5.41) is 0. The van der Waals surface area contributed by atoms with E-state index in [1.807, 2.05) is 9.47 Å². The van der Waals surface area contributed by atoms with Crippen molar-refractivity contribution < 1.29 is 22.8 Å². The van der Waals surface area contributed by atoms with Crippen molar-refractivity contribution in [3.8, 4) is 5.75 Å². The van der Waals surface area contributed by atoms with E-state index in [0.29, 0.717) is 5.56 Å². The molecule has 6 heteroatoms. The number of hydrogen-bond donors (Lipinski definition) is 0. The third-order valence-corrected chi connectivity index (χ3v) is 2.87. The van der Waals surface area contributed by atoms with Crippen LogP contribution in [0.4, 0.5) is 8.78 Å². The highest BCUT2D eigenvalue weighted by molar-refractivity contribution is 7.10. The average Bonchev–Trinajstić information content (AvgIpc) is 2.36. The topological polar surface area (TPSA) is 35.5 Å². The van der Waals surface area contributed by atoms with Gasteiger partial charge in [-0.25, -0.2) is 13.6 Å². The lowest BCUT2D eigenvalue weighted by Gasteiger charge is -2.18. The Labute approximate surface area is 113 Å². The van der Waals surface area contributed by atoms with Crippen molar-refractivity contribution in [2.75, 3.05) is 6.61 Å². The first kappa shape index (κ1) is 15.8. The monoisotopic (exact) mass is 290 g/mol. The molecule has 1 rings (SSSR count). The number of aryl methyl sites for hydroxylation is 2. The van der Waals surface area contributed by atoms with Crippen LogP contribution >= 0.6 is 9.47 Å². The van der Waals surface area contributed by atoms with Gasteiger partial charge in [-0.3, -0.25) is 0 Å². The summed E-state index contributed by atoms with van der Waals surface area (Å²) in [6.07, 6.45) is -4.48. The third-order valence-electron chi connectivity index (χ3n) is 2.63. The molecule has 106 valence electrons. The number of halogens is 2. The molecule has 0 saturated carbocycles. The first-order valence-electron chi connectivity index (χ1n) is 5.85. The molecular weight excluding hydrogens is 273 g/mol. The van der Waals surface area contributed by atoms with Gasteiger partial charge in [-0.05, 0) is 32.4 Å². The molecule has 0 radical (unpaired) electrons. The Bertz CT molecular complexity index is 465. The van der Waals surface area contributed by atoms with Crippen molar-refractivity contribution in [2.45, 2.75) is 33.1 Å². The van der Waals surface area contributed by atoms with Gasteiger partial charge in [-0.1, -0.05) is 11.6 Å². The van der Waals surface area contributed by atoms with Gasteiger partial charge in [0.1, 0.15) is 5.75 Å². The van der Waals surface area contributed by atoms with Gasteiger partial charge in [0.25, 0.3) is 0 Å². The smallest absolute Gasteiger partial charge is 0.344 e. The Kier molecular flexibility index (Phi) is 5.67. The van der Waals surface area contributed by atoms with Crippen molar-refractivity contribution in [3.05, 3.63) is 28.8 Å². The number of carbonyl (C=O) groups is 1. The number of rotatable bonds is 5. The Morgan fingerprint density at radius 2 is 2.00 bits per heavy atom. The molecule has 0 N–H and O–H groups in total. The Balaban J connectivity index is 3.11. The van der Waals surface area contributed by atoms with Gasteiger partial charge in [-0.15, -0.1) is 0 Å². The van der Waals surface area contributed by atoms with Crippen molar-refractivity contribution >= 4 is 15.4 Å². The van der Waals surface area contributed by atoms with E-state index in [1.54, 1.807) is 19.9 Å². The fourth-order valence-electron chi connectivity index (χ4n) is 1.85. The van der Waals surface area contributed by atoms with Crippen LogP contribution in [-0.2, 0) is 9.53 Å². The first-order chi connectivity index (χ1) is 8.92. The fourth-order valence-corrected chi connectivity index (χ4v) is 2.17. The fraction of sp³-hybridized carbons (Fsp3) is 0.462. The average molecular weight is 290 g/mol. The normalized spacial score (nSPS) is 13.8. The Hall–Kier alpha value is -1.22. The van der Waals surface area contributed by atoms with Crippen molar-refractivity contribution in [1.82, 2.24) is 0 Å². The zero-order chi connectivity index (χ0) is 14.6. The first-order valence-corrected chi connectivity index (χ1v) is 6.32. The highest BCUT2D eigenvalue weighted by atomic mass is 31.0. The molecule has 1 aromatic rings. The van der Waals surface area contributed by atoms with E-state index in [1.165, 1.54) is 13.0 Å². The molecule has 0 aliphatic heterocycles. The van der Waals surface area contributed by atoms with Crippen LogP contribution in [0.15, 0.2) is 12.1 Å². The molecule has 1 aromatic carbocycles. The predicted molar refractivity (Wildman–Crippen MR) is 71.6 cm³/mol. The second-order valence-corrected chi connectivity index (χ2v) is 4.41. The van der Waals surface area contributed by atoms with Gasteiger partial charge in [0, 0.05) is 5.56 Å². The summed E-state index contributed by atoms with van der Waals surface area (Å²) in [5.74, 6) is -0.987. The van der Waals surface area contributed by atoms with E-state index in [2.05, 4.69) is 4.74 Å². The summed E-state index contributed by atoms with van der Waals surface area (Å²) < 4.78 is 37.4. The van der Waals surface area contributed by atoms with Crippen molar-refractivity contribution in [1.29, 1.82) is 0 Å². The lowest BCUT2D eigenvalue weighted by Crippen LogP contribution is -2.24. The predicted octanol–water partition coefficient (Wildman–Crippen LogP) is 3.38. The summed E-state index contributed by atoms with van der Waals surface area (Å²) in [6, 6.07) is 3.25. The zero-order valence-corrected chi connectivity index (χ0v) is 12.2. The van der Waals surface area contributed by atoms with Gasteiger partial charge >= 0.3 is 5.97 Å². The van der Waals surface area contributed by atoms with Crippen molar-refractivity contribution in [2.24, 2.45) is 0 Å². The highest BCUT2D eigenvalue weighted by Crippen LogP contribution is 2.36. The lowest BCUT2D eigenvalue weighted by molar-refractivity contribution is -0.151. The van der Waals surface area contributed by atoms with Crippen LogP contribution in [0.25, 0.3) is 0 Å². The number of ether oxygens (including phenoxy) is 1. The molecule has 0 saturated heterocycles. The maximum atomic E-state index is 14.1. The zero-order valence-electron chi connectivity index (χ0n) is 11.1. The maximum Gasteiger partial charge on any atom is 0.344 e. The van der Waals surface area contributed by atoms with Crippen LogP contribution in [0, 0.1) is 13.8 Å². The van der Waals surface area contributed by atoms with Gasteiger partial charge in [0.05, 0.1) is 16.1 Å². The van der Waals surface area contributed by atoms with E-state index >= 15 is 0 Å². The Morgan fingerprint density at radius 1 is 1.37 bits per heavy atom. The number of esters is 1. The second-order valence-electron chi connectivity index (χ2n) is 4.17. The quantitative estimate of drug-likeness (QED) is 0.616. The largest absolute Gasteiger partial charge is 0.480 e. The number of alkyl halides is 2. The third kappa shape index (κ3) is 3.63. The second kappa shape index (κ2) is 6.80. The number of benzene rings is 1. The minimum absolute atomic E-state index is 0.00576.